The van der Waals surface area contributed by atoms with Gasteiger partial charge in [-0.25, -0.2) is 0 Å². The molecule has 2 heterocycles. The summed E-state index contributed by atoms with van der Waals surface area (Å²) in [5.74, 6) is -0.867. The van der Waals surface area contributed by atoms with Gasteiger partial charge in [-0.2, -0.15) is 0 Å². The van der Waals surface area contributed by atoms with E-state index in [1.807, 2.05) is 79.7 Å². The number of nitrogens with zero attached hydrogens (tertiary/aromatic N) is 6. The highest BCUT2D eigenvalue weighted by atomic mass is 16.3. The Balaban J connectivity index is 0.000000748. The largest absolute Gasteiger partial charge is 0.505 e. The van der Waals surface area contributed by atoms with Crippen molar-refractivity contribution < 1.29 is 20.4 Å². The molecule has 0 spiro atoms. The lowest BCUT2D eigenvalue weighted by atomic mass is 10.0. The maximum Gasteiger partial charge on any atom is 0.169 e. The Morgan fingerprint density at radius 3 is 1.00 bits per heavy atom. The minimum absolute atomic E-state index is 0.0252. The Hall–Kier alpha value is -5.12. The molecular formula is C33H42N6O4. The first-order valence-corrected chi connectivity index (χ1v) is 14.7. The number of fused-ring (bicyclic) bond motifs is 2. The molecule has 0 atom stereocenters. The molecule has 0 radical (unpaired) electrons. The number of aromatic nitrogens is 6. The maximum atomic E-state index is 11.0. The van der Waals surface area contributed by atoms with Crippen molar-refractivity contribution in [3.05, 3.63) is 83.9 Å². The van der Waals surface area contributed by atoms with E-state index in [0.717, 1.165) is 0 Å². The molecule has 228 valence electrons. The average Bonchev–Trinajstić information content (AvgIpc) is 3.68. The van der Waals surface area contributed by atoms with E-state index in [4.69, 9.17) is 0 Å². The molecule has 10 nitrogen and oxygen atoms in total. The third-order valence-corrected chi connectivity index (χ3v) is 5.78. The minimum atomic E-state index is -0.234. The first-order chi connectivity index (χ1) is 21.0. The van der Waals surface area contributed by atoms with Crippen LogP contribution in [-0.2, 0) is 6.42 Å². The van der Waals surface area contributed by atoms with Crippen molar-refractivity contribution in [3.63, 3.8) is 0 Å². The summed E-state index contributed by atoms with van der Waals surface area (Å²) < 4.78 is 0. The Bertz CT molecular complexity index is 1550. The van der Waals surface area contributed by atoms with Gasteiger partial charge in [0.2, 0.25) is 0 Å². The van der Waals surface area contributed by atoms with Crippen LogP contribution >= 0.6 is 0 Å². The maximum absolute atomic E-state index is 11.0. The highest BCUT2D eigenvalue weighted by Gasteiger charge is 2.21. The highest BCUT2D eigenvalue weighted by molar-refractivity contribution is 5.75. The van der Waals surface area contributed by atoms with Gasteiger partial charge < -0.3 is 20.4 Å². The number of phenolic OH excluding ortho intramolecular Hbond substituents is 4. The molecule has 0 amide bonds. The lowest BCUT2D eigenvalue weighted by Crippen LogP contribution is -2.03. The van der Waals surface area contributed by atoms with Crippen LogP contribution in [0.25, 0.3) is 33.4 Å². The molecule has 4 N–H and O–H groups in total. The van der Waals surface area contributed by atoms with Gasteiger partial charge in [0.05, 0.1) is 0 Å². The lowest BCUT2D eigenvalue weighted by Gasteiger charge is -2.14. The van der Waals surface area contributed by atoms with Gasteiger partial charge in [0.25, 0.3) is 0 Å². The molecule has 10 heteroatoms. The van der Waals surface area contributed by atoms with Crippen LogP contribution < -0.4 is 0 Å². The van der Waals surface area contributed by atoms with E-state index < -0.39 is 0 Å². The van der Waals surface area contributed by atoms with Crippen LogP contribution in [0.15, 0.2) is 72.8 Å². The van der Waals surface area contributed by atoms with Crippen molar-refractivity contribution in [2.24, 2.45) is 0 Å². The number of benzene rings is 4. The number of aromatic hydroxyl groups is 4. The Morgan fingerprint density at radius 2 is 0.721 bits per heavy atom. The van der Waals surface area contributed by atoms with Crippen LogP contribution in [0.1, 0.15) is 66.5 Å². The second kappa shape index (κ2) is 16.4. The molecule has 6 rings (SSSR count). The highest BCUT2D eigenvalue weighted by Crippen LogP contribution is 2.39. The topological polar surface area (TPSA) is 142 Å². The molecule has 4 aromatic carbocycles. The molecule has 0 saturated heterocycles. The molecule has 0 bridgehead atoms. The molecule has 0 unspecified atom stereocenters. The first-order valence-electron chi connectivity index (χ1n) is 14.7. The summed E-state index contributed by atoms with van der Waals surface area (Å²) in [7, 11) is 0. The summed E-state index contributed by atoms with van der Waals surface area (Å²) in [6.45, 7) is 16.0. The van der Waals surface area contributed by atoms with Gasteiger partial charge in [0, 0.05) is 17.5 Å². The van der Waals surface area contributed by atoms with Gasteiger partial charge in [-0.15, -0.1) is 30.0 Å². The average molecular weight is 587 g/mol. The Morgan fingerprint density at radius 1 is 0.442 bits per heavy atom. The van der Waals surface area contributed by atoms with Crippen molar-refractivity contribution in [1.82, 2.24) is 30.0 Å². The van der Waals surface area contributed by atoms with Gasteiger partial charge in [-0.3, -0.25) is 0 Å². The van der Waals surface area contributed by atoms with Gasteiger partial charge in [0.1, 0.15) is 45.1 Å². The van der Waals surface area contributed by atoms with Crippen molar-refractivity contribution in [2.75, 3.05) is 0 Å². The number of hydrogen-bond donors (Lipinski definition) is 4. The van der Waals surface area contributed by atoms with Gasteiger partial charge in [-0.05, 0) is 36.4 Å². The van der Waals surface area contributed by atoms with Crippen LogP contribution in [0, 0.1) is 0 Å². The SMILES string of the molecule is CC.CC.CC.CC.Oc1ccc(Cc2ccc(O)c(-n3nc4ccccc4n3)c2O)c(O)c1-n1nc2ccccc2n1. The summed E-state index contributed by atoms with van der Waals surface area (Å²) in [4.78, 5) is 2.36. The molecular weight excluding hydrogens is 544 g/mol. The van der Waals surface area contributed by atoms with E-state index in [0.29, 0.717) is 33.2 Å². The smallest absolute Gasteiger partial charge is 0.169 e. The van der Waals surface area contributed by atoms with Gasteiger partial charge >= 0.3 is 0 Å². The molecule has 0 fully saturated rings. The molecule has 6 aromatic rings. The number of rotatable bonds is 4. The predicted octanol–water partition coefficient (Wildman–Crippen LogP) is 7.67. The molecule has 0 saturated carbocycles. The van der Waals surface area contributed by atoms with Crippen molar-refractivity contribution in [3.8, 4) is 34.4 Å². The molecule has 2 aromatic heterocycles. The minimum Gasteiger partial charge on any atom is -0.505 e. The summed E-state index contributed by atoms with van der Waals surface area (Å²) >= 11 is 0. The molecule has 0 aliphatic heterocycles. The Kier molecular flexibility index (Phi) is 13.0. The second-order valence-electron chi connectivity index (χ2n) is 8.02. The fourth-order valence-electron chi connectivity index (χ4n) is 4.03. The standard InChI is InChI=1S/C25H18N6O4.4C2H6/c32-20-11-9-14(24(34)22(20)30-26-16-5-1-2-6-17(16)27-30)13-15-10-12-21(33)23(25(15)35)31-28-18-7-3-4-8-19(18)29-31;4*1-2/h1-12,32-35H,13H2;4*1-2H3. The van der Waals surface area contributed by atoms with Crippen LogP contribution in [-0.4, -0.2) is 50.4 Å². The van der Waals surface area contributed by atoms with E-state index in [-0.39, 0.29) is 40.8 Å². The van der Waals surface area contributed by atoms with Crippen molar-refractivity contribution in [1.29, 1.82) is 0 Å². The van der Waals surface area contributed by atoms with Crippen LogP contribution in [0.5, 0.6) is 23.0 Å². The zero-order chi connectivity index (χ0) is 32.1. The van der Waals surface area contributed by atoms with E-state index in [9.17, 15) is 20.4 Å². The summed E-state index contributed by atoms with van der Waals surface area (Å²) in [5, 5.41) is 60.3. The zero-order valence-electron chi connectivity index (χ0n) is 26.1. The zero-order valence-corrected chi connectivity index (χ0v) is 26.1. The van der Waals surface area contributed by atoms with E-state index in [2.05, 4.69) is 20.4 Å². The third-order valence-electron chi connectivity index (χ3n) is 5.78. The monoisotopic (exact) mass is 586 g/mol. The Labute approximate surface area is 252 Å². The molecule has 43 heavy (non-hydrogen) atoms. The van der Waals surface area contributed by atoms with Crippen LogP contribution in [0.4, 0.5) is 0 Å². The van der Waals surface area contributed by atoms with E-state index in [1.165, 1.54) is 21.7 Å². The van der Waals surface area contributed by atoms with Crippen LogP contribution in [0.3, 0.4) is 0 Å². The van der Waals surface area contributed by atoms with Crippen LogP contribution in [0.2, 0.25) is 0 Å². The summed E-state index contributed by atoms with van der Waals surface area (Å²) in [5.41, 5.74) is 3.30. The van der Waals surface area contributed by atoms with E-state index in [1.54, 1.807) is 36.4 Å². The van der Waals surface area contributed by atoms with Crippen molar-refractivity contribution in [2.45, 2.75) is 61.8 Å². The second-order valence-corrected chi connectivity index (χ2v) is 8.02. The predicted molar refractivity (Wildman–Crippen MR) is 173 cm³/mol. The van der Waals surface area contributed by atoms with Gasteiger partial charge in [-0.1, -0.05) is 91.8 Å². The van der Waals surface area contributed by atoms with E-state index >= 15 is 0 Å². The number of hydrogen-bond acceptors (Lipinski definition) is 8. The van der Waals surface area contributed by atoms with Gasteiger partial charge in [0.15, 0.2) is 11.4 Å². The number of phenols is 4. The fourth-order valence-corrected chi connectivity index (χ4v) is 4.03. The fraction of sp³-hybridized carbons (Fsp3) is 0.273. The lowest BCUT2D eigenvalue weighted by molar-refractivity contribution is 0.431. The third kappa shape index (κ3) is 7.21. The summed E-state index contributed by atoms with van der Waals surface area (Å²) in [6, 6.07) is 20.3. The molecule has 0 aliphatic rings. The molecule has 0 aliphatic carbocycles. The summed E-state index contributed by atoms with van der Waals surface area (Å²) in [6.07, 6.45) is 0.0831. The normalized spacial score (nSPS) is 9.86. The quantitative estimate of drug-likeness (QED) is 0.165. The van der Waals surface area contributed by atoms with Crippen molar-refractivity contribution >= 4 is 22.1 Å². The first kappa shape index (κ1) is 34.1.